The van der Waals surface area contributed by atoms with Crippen molar-refractivity contribution < 1.29 is 4.52 Å². The van der Waals surface area contributed by atoms with Crippen molar-refractivity contribution in [3.8, 4) is 17.6 Å². The molecule has 0 aliphatic rings. The van der Waals surface area contributed by atoms with Crippen LogP contribution in [0.5, 0.6) is 0 Å². The summed E-state index contributed by atoms with van der Waals surface area (Å²) in [4.78, 5) is 8.67. The maximum absolute atomic E-state index is 8.64. The number of nitriles is 1. The van der Waals surface area contributed by atoms with E-state index in [2.05, 4.69) is 28.1 Å². The zero-order valence-corrected chi connectivity index (χ0v) is 11.1. The molecule has 2 aromatic rings. The lowest BCUT2D eigenvalue weighted by molar-refractivity contribution is 0.359. The second-order valence-electron chi connectivity index (χ2n) is 4.55. The minimum absolute atomic E-state index is 0.215. The van der Waals surface area contributed by atoms with Gasteiger partial charge in [-0.15, -0.1) is 0 Å². The van der Waals surface area contributed by atoms with Gasteiger partial charge < -0.3 is 4.52 Å². The molecular weight excluding hydrogens is 240 g/mol. The number of rotatable bonds is 5. The van der Waals surface area contributed by atoms with Crippen LogP contribution in [0.25, 0.3) is 11.5 Å². The standard InChI is InChI=1S/C14H16N4O/c1-3-11-5-4-8-16-13(11)14-17-12(19-18-14)9-10(2)6-7-15/h4-5,8,10H,3,6,9H2,1-2H3. The van der Waals surface area contributed by atoms with Crippen molar-refractivity contribution in [1.82, 2.24) is 15.1 Å². The molecule has 0 amide bonds. The van der Waals surface area contributed by atoms with Gasteiger partial charge in [0.05, 0.1) is 6.07 Å². The molecule has 0 radical (unpaired) electrons. The highest BCUT2D eigenvalue weighted by Gasteiger charge is 2.14. The van der Waals surface area contributed by atoms with E-state index in [4.69, 9.17) is 9.78 Å². The van der Waals surface area contributed by atoms with Gasteiger partial charge in [-0.1, -0.05) is 25.1 Å². The molecular formula is C14H16N4O. The van der Waals surface area contributed by atoms with Crippen molar-refractivity contribution in [1.29, 1.82) is 5.26 Å². The van der Waals surface area contributed by atoms with E-state index in [1.807, 2.05) is 19.1 Å². The summed E-state index contributed by atoms with van der Waals surface area (Å²) in [5, 5.41) is 12.6. The Labute approximate surface area is 112 Å². The fraction of sp³-hybridized carbons (Fsp3) is 0.429. The maximum Gasteiger partial charge on any atom is 0.227 e. The number of aromatic nitrogens is 3. The fourth-order valence-electron chi connectivity index (χ4n) is 1.89. The van der Waals surface area contributed by atoms with Gasteiger partial charge in [-0.25, -0.2) is 0 Å². The Morgan fingerprint density at radius 2 is 2.32 bits per heavy atom. The molecule has 1 atom stereocenters. The maximum atomic E-state index is 8.64. The van der Waals surface area contributed by atoms with Gasteiger partial charge in [0, 0.05) is 19.0 Å². The second kappa shape index (κ2) is 6.10. The second-order valence-corrected chi connectivity index (χ2v) is 4.55. The van der Waals surface area contributed by atoms with Gasteiger partial charge in [0.15, 0.2) is 0 Å². The van der Waals surface area contributed by atoms with Crippen molar-refractivity contribution in [3.05, 3.63) is 29.8 Å². The molecule has 98 valence electrons. The Morgan fingerprint density at radius 3 is 3.05 bits per heavy atom. The molecule has 0 saturated carbocycles. The summed E-state index contributed by atoms with van der Waals surface area (Å²) in [5.74, 6) is 1.30. The third-order valence-corrected chi connectivity index (χ3v) is 2.91. The molecule has 0 N–H and O–H groups in total. The van der Waals surface area contributed by atoms with Crippen LogP contribution in [0.15, 0.2) is 22.9 Å². The molecule has 2 rings (SSSR count). The Hall–Kier alpha value is -2.22. The van der Waals surface area contributed by atoms with Gasteiger partial charge in [0.25, 0.3) is 0 Å². The van der Waals surface area contributed by atoms with Crippen LogP contribution >= 0.6 is 0 Å². The van der Waals surface area contributed by atoms with E-state index in [9.17, 15) is 0 Å². The van der Waals surface area contributed by atoms with Crippen molar-refractivity contribution in [2.45, 2.75) is 33.1 Å². The number of hydrogen-bond acceptors (Lipinski definition) is 5. The molecule has 0 fully saturated rings. The zero-order chi connectivity index (χ0) is 13.7. The first-order valence-electron chi connectivity index (χ1n) is 6.38. The van der Waals surface area contributed by atoms with Crippen LogP contribution in [0.2, 0.25) is 0 Å². The van der Waals surface area contributed by atoms with Gasteiger partial charge in [-0.05, 0) is 24.0 Å². The molecule has 0 aliphatic carbocycles. The summed E-state index contributed by atoms with van der Waals surface area (Å²) < 4.78 is 5.23. The molecule has 2 aromatic heterocycles. The van der Waals surface area contributed by atoms with E-state index in [0.717, 1.165) is 17.7 Å². The fourth-order valence-corrected chi connectivity index (χ4v) is 1.89. The van der Waals surface area contributed by atoms with Crippen molar-refractivity contribution in [3.63, 3.8) is 0 Å². The number of hydrogen-bond donors (Lipinski definition) is 0. The third kappa shape index (κ3) is 3.16. The first-order chi connectivity index (χ1) is 9.24. The van der Waals surface area contributed by atoms with E-state index in [1.165, 1.54) is 0 Å². The Kier molecular flexibility index (Phi) is 4.24. The highest BCUT2D eigenvalue weighted by molar-refractivity contribution is 5.53. The van der Waals surface area contributed by atoms with Gasteiger partial charge in [-0.3, -0.25) is 4.98 Å². The molecule has 2 heterocycles. The van der Waals surface area contributed by atoms with Crippen LogP contribution in [-0.2, 0) is 12.8 Å². The summed E-state index contributed by atoms with van der Waals surface area (Å²) >= 11 is 0. The van der Waals surface area contributed by atoms with Crippen LogP contribution < -0.4 is 0 Å². The lowest BCUT2D eigenvalue weighted by atomic mass is 10.1. The van der Waals surface area contributed by atoms with E-state index < -0.39 is 0 Å². The van der Waals surface area contributed by atoms with Crippen molar-refractivity contribution in [2.24, 2.45) is 5.92 Å². The summed E-state index contributed by atoms with van der Waals surface area (Å²) in [6, 6.07) is 6.05. The summed E-state index contributed by atoms with van der Waals surface area (Å²) in [6.07, 6.45) is 3.71. The molecule has 5 nitrogen and oxygen atoms in total. The summed E-state index contributed by atoms with van der Waals surface area (Å²) in [7, 11) is 0. The Morgan fingerprint density at radius 1 is 1.47 bits per heavy atom. The van der Waals surface area contributed by atoms with Crippen LogP contribution in [0.1, 0.15) is 31.7 Å². The average molecular weight is 256 g/mol. The largest absolute Gasteiger partial charge is 0.339 e. The predicted molar refractivity (Wildman–Crippen MR) is 70.0 cm³/mol. The highest BCUT2D eigenvalue weighted by atomic mass is 16.5. The minimum atomic E-state index is 0.215. The Balaban J connectivity index is 2.19. The van der Waals surface area contributed by atoms with E-state index in [0.29, 0.717) is 24.6 Å². The normalized spacial score (nSPS) is 12.1. The van der Waals surface area contributed by atoms with Crippen LogP contribution in [0.3, 0.4) is 0 Å². The topological polar surface area (TPSA) is 75.6 Å². The summed E-state index contributed by atoms with van der Waals surface area (Å²) in [5.41, 5.74) is 1.87. The molecule has 0 spiro atoms. The molecule has 0 saturated heterocycles. The lowest BCUT2D eigenvalue weighted by Gasteiger charge is -2.01. The van der Waals surface area contributed by atoms with Crippen LogP contribution in [0, 0.1) is 17.2 Å². The lowest BCUT2D eigenvalue weighted by Crippen LogP contribution is -1.99. The summed E-state index contributed by atoms with van der Waals surface area (Å²) in [6.45, 7) is 4.06. The van der Waals surface area contributed by atoms with E-state index in [-0.39, 0.29) is 5.92 Å². The predicted octanol–water partition coefficient (Wildman–Crippen LogP) is 2.79. The smallest absolute Gasteiger partial charge is 0.227 e. The highest BCUT2D eigenvalue weighted by Crippen LogP contribution is 2.19. The number of nitrogens with zero attached hydrogens (tertiary/aromatic N) is 4. The molecule has 0 aliphatic heterocycles. The van der Waals surface area contributed by atoms with Crippen molar-refractivity contribution in [2.75, 3.05) is 0 Å². The van der Waals surface area contributed by atoms with E-state index >= 15 is 0 Å². The molecule has 0 bridgehead atoms. The molecule has 0 aromatic carbocycles. The molecule has 1 unspecified atom stereocenters. The van der Waals surface area contributed by atoms with Gasteiger partial charge >= 0.3 is 0 Å². The first kappa shape index (κ1) is 13.2. The average Bonchev–Trinajstić information content (AvgIpc) is 2.87. The molecule has 19 heavy (non-hydrogen) atoms. The number of pyridine rings is 1. The van der Waals surface area contributed by atoms with E-state index in [1.54, 1.807) is 6.20 Å². The van der Waals surface area contributed by atoms with Gasteiger partial charge in [0.1, 0.15) is 5.69 Å². The first-order valence-corrected chi connectivity index (χ1v) is 6.38. The van der Waals surface area contributed by atoms with Crippen LogP contribution in [-0.4, -0.2) is 15.1 Å². The Bertz CT molecular complexity index is 585. The molecule has 5 heteroatoms. The quantitative estimate of drug-likeness (QED) is 0.822. The van der Waals surface area contributed by atoms with Crippen molar-refractivity contribution >= 4 is 0 Å². The van der Waals surface area contributed by atoms with Gasteiger partial charge in [0.2, 0.25) is 11.7 Å². The minimum Gasteiger partial charge on any atom is -0.339 e. The van der Waals surface area contributed by atoms with Gasteiger partial charge in [-0.2, -0.15) is 10.2 Å². The monoisotopic (exact) mass is 256 g/mol. The third-order valence-electron chi connectivity index (χ3n) is 2.91. The van der Waals surface area contributed by atoms with Crippen LogP contribution in [0.4, 0.5) is 0 Å². The number of aryl methyl sites for hydroxylation is 1. The zero-order valence-electron chi connectivity index (χ0n) is 11.1. The SMILES string of the molecule is CCc1cccnc1-c1noc(CC(C)CC#N)n1.